The summed E-state index contributed by atoms with van der Waals surface area (Å²) in [6, 6.07) is 5.59. The second kappa shape index (κ2) is 6.02. The molecule has 6 heteroatoms. The van der Waals surface area contributed by atoms with Gasteiger partial charge in [0.1, 0.15) is 12.4 Å². The summed E-state index contributed by atoms with van der Waals surface area (Å²) in [6.45, 7) is 5.23. The zero-order chi connectivity index (χ0) is 13.0. The Hall–Kier alpha value is -1.33. The van der Waals surface area contributed by atoms with Gasteiger partial charge in [-0.3, -0.25) is 0 Å². The normalized spacial score (nSPS) is 10.4. The van der Waals surface area contributed by atoms with Crippen molar-refractivity contribution in [1.82, 2.24) is 10.2 Å². The van der Waals surface area contributed by atoms with Crippen molar-refractivity contribution in [2.75, 3.05) is 11.9 Å². The molecule has 0 saturated carbocycles. The second-order valence-corrected chi connectivity index (χ2v) is 5.20. The number of rotatable bonds is 5. The van der Waals surface area contributed by atoms with Gasteiger partial charge >= 0.3 is 0 Å². The molecule has 1 heterocycles. The largest absolute Gasteiger partial charge is 0.486 e. The van der Waals surface area contributed by atoms with Crippen LogP contribution in [-0.4, -0.2) is 16.7 Å². The van der Waals surface area contributed by atoms with E-state index >= 15 is 0 Å². The highest BCUT2D eigenvalue weighted by molar-refractivity contribution is 7.15. The van der Waals surface area contributed by atoms with Crippen molar-refractivity contribution in [3.05, 3.63) is 33.8 Å². The molecule has 0 spiro atoms. The Morgan fingerprint density at radius 3 is 2.94 bits per heavy atom. The summed E-state index contributed by atoms with van der Waals surface area (Å²) in [4.78, 5) is 0. The van der Waals surface area contributed by atoms with E-state index in [-0.39, 0.29) is 0 Å². The lowest BCUT2D eigenvalue weighted by Gasteiger charge is -2.05. The maximum atomic E-state index is 5.95. The van der Waals surface area contributed by atoms with Crippen LogP contribution in [0.2, 0.25) is 5.02 Å². The molecule has 0 fully saturated rings. The number of nitrogens with zero attached hydrogens (tertiary/aromatic N) is 2. The van der Waals surface area contributed by atoms with E-state index in [1.807, 2.05) is 32.0 Å². The number of aryl methyl sites for hydroxylation is 1. The second-order valence-electron chi connectivity index (χ2n) is 3.73. The van der Waals surface area contributed by atoms with Crippen molar-refractivity contribution in [2.24, 2.45) is 0 Å². The summed E-state index contributed by atoms with van der Waals surface area (Å²) in [5, 5.41) is 13.6. The number of benzene rings is 1. The summed E-state index contributed by atoms with van der Waals surface area (Å²) >= 11 is 7.45. The third-order valence-electron chi connectivity index (χ3n) is 2.29. The van der Waals surface area contributed by atoms with Crippen LogP contribution in [-0.2, 0) is 6.61 Å². The molecule has 0 amide bonds. The average Bonchev–Trinajstić information content (AvgIpc) is 2.79. The lowest BCUT2D eigenvalue weighted by Crippen LogP contribution is -1.95. The molecule has 0 bridgehead atoms. The monoisotopic (exact) mass is 283 g/mol. The van der Waals surface area contributed by atoms with Crippen molar-refractivity contribution in [1.29, 1.82) is 0 Å². The molecule has 0 aliphatic rings. The quantitative estimate of drug-likeness (QED) is 0.912. The fraction of sp³-hybridized carbons (Fsp3) is 0.333. The molecular formula is C12H14ClN3OS. The number of ether oxygens (including phenoxy) is 1. The first-order valence-electron chi connectivity index (χ1n) is 5.64. The van der Waals surface area contributed by atoms with Crippen molar-refractivity contribution in [2.45, 2.75) is 20.5 Å². The molecule has 96 valence electrons. The minimum Gasteiger partial charge on any atom is -0.486 e. The van der Waals surface area contributed by atoms with Gasteiger partial charge in [-0.2, -0.15) is 0 Å². The van der Waals surface area contributed by atoms with Crippen LogP contribution in [0.15, 0.2) is 18.2 Å². The highest BCUT2D eigenvalue weighted by atomic mass is 35.5. The molecule has 0 unspecified atom stereocenters. The first-order valence-corrected chi connectivity index (χ1v) is 6.83. The van der Waals surface area contributed by atoms with E-state index in [0.717, 1.165) is 33.0 Å². The Morgan fingerprint density at radius 1 is 1.39 bits per heavy atom. The fourth-order valence-electron chi connectivity index (χ4n) is 1.39. The van der Waals surface area contributed by atoms with Crippen LogP contribution in [0.25, 0.3) is 0 Å². The van der Waals surface area contributed by atoms with E-state index in [1.54, 1.807) is 0 Å². The van der Waals surface area contributed by atoms with Gasteiger partial charge in [-0.1, -0.05) is 22.9 Å². The van der Waals surface area contributed by atoms with E-state index in [4.69, 9.17) is 16.3 Å². The van der Waals surface area contributed by atoms with E-state index in [0.29, 0.717) is 6.61 Å². The number of hydrogen-bond donors (Lipinski definition) is 1. The molecule has 2 aromatic rings. The van der Waals surface area contributed by atoms with Gasteiger partial charge in [0.15, 0.2) is 5.01 Å². The molecule has 18 heavy (non-hydrogen) atoms. The smallest absolute Gasteiger partial charge is 0.205 e. The molecule has 1 aromatic heterocycles. The van der Waals surface area contributed by atoms with Crippen molar-refractivity contribution < 1.29 is 4.74 Å². The van der Waals surface area contributed by atoms with Gasteiger partial charge in [0.2, 0.25) is 5.13 Å². The summed E-state index contributed by atoms with van der Waals surface area (Å²) in [6.07, 6.45) is 0. The predicted molar refractivity (Wildman–Crippen MR) is 74.6 cm³/mol. The van der Waals surface area contributed by atoms with Gasteiger partial charge in [-0.05, 0) is 37.6 Å². The molecular weight excluding hydrogens is 270 g/mol. The number of hydrogen-bond acceptors (Lipinski definition) is 5. The topological polar surface area (TPSA) is 47.0 Å². The van der Waals surface area contributed by atoms with E-state index in [1.165, 1.54) is 11.3 Å². The highest BCUT2D eigenvalue weighted by Gasteiger charge is 2.04. The average molecular weight is 284 g/mol. The molecule has 0 aliphatic heterocycles. The lowest BCUT2D eigenvalue weighted by molar-refractivity contribution is 0.304. The van der Waals surface area contributed by atoms with Gasteiger partial charge < -0.3 is 10.1 Å². The molecule has 1 N–H and O–H groups in total. The van der Waals surface area contributed by atoms with Crippen LogP contribution >= 0.6 is 22.9 Å². The van der Waals surface area contributed by atoms with Crippen molar-refractivity contribution in [3.8, 4) is 5.75 Å². The first-order chi connectivity index (χ1) is 8.69. The fourth-order valence-corrected chi connectivity index (χ4v) is 2.23. The van der Waals surface area contributed by atoms with Gasteiger partial charge in [0.25, 0.3) is 0 Å². The summed E-state index contributed by atoms with van der Waals surface area (Å²) < 4.78 is 5.64. The standard InChI is InChI=1S/C12H14ClN3OS/c1-3-14-12-16-15-11(18-12)7-17-9-4-5-10(13)8(2)6-9/h4-6H,3,7H2,1-2H3,(H,14,16). The Balaban J connectivity index is 1.95. The predicted octanol–water partition coefficient (Wildman–Crippen LogP) is 3.51. The molecule has 1 aromatic carbocycles. The molecule has 0 radical (unpaired) electrons. The Labute approximate surface area is 115 Å². The highest BCUT2D eigenvalue weighted by Crippen LogP contribution is 2.22. The maximum Gasteiger partial charge on any atom is 0.205 e. The minimum absolute atomic E-state index is 0.421. The Kier molecular flexibility index (Phi) is 4.38. The zero-order valence-electron chi connectivity index (χ0n) is 10.2. The van der Waals surface area contributed by atoms with Crippen LogP contribution in [0.5, 0.6) is 5.75 Å². The SMILES string of the molecule is CCNc1nnc(COc2ccc(Cl)c(C)c2)s1. The van der Waals surface area contributed by atoms with Gasteiger partial charge in [0.05, 0.1) is 0 Å². The summed E-state index contributed by atoms with van der Waals surface area (Å²) in [7, 11) is 0. The summed E-state index contributed by atoms with van der Waals surface area (Å²) in [5.41, 5.74) is 1.000. The maximum absolute atomic E-state index is 5.95. The number of aromatic nitrogens is 2. The van der Waals surface area contributed by atoms with Crippen LogP contribution in [0.1, 0.15) is 17.5 Å². The van der Waals surface area contributed by atoms with Crippen LogP contribution in [0.4, 0.5) is 5.13 Å². The molecule has 0 saturated heterocycles. The Morgan fingerprint density at radius 2 is 2.22 bits per heavy atom. The lowest BCUT2D eigenvalue weighted by atomic mass is 10.2. The molecule has 0 aliphatic carbocycles. The zero-order valence-corrected chi connectivity index (χ0v) is 11.8. The molecule has 0 atom stereocenters. The third kappa shape index (κ3) is 3.34. The number of anilines is 1. The molecule has 2 rings (SSSR count). The van der Waals surface area contributed by atoms with Crippen molar-refractivity contribution >= 4 is 28.1 Å². The van der Waals surface area contributed by atoms with Gasteiger partial charge in [-0.25, -0.2) is 0 Å². The van der Waals surface area contributed by atoms with E-state index < -0.39 is 0 Å². The Bertz CT molecular complexity index is 530. The van der Waals surface area contributed by atoms with Gasteiger partial charge in [-0.15, -0.1) is 10.2 Å². The third-order valence-corrected chi connectivity index (χ3v) is 3.57. The van der Waals surface area contributed by atoms with E-state index in [2.05, 4.69) is 15.5 Å². The van der Waals surface area contributed by atoms with Crippen LogP contribution < -0.4 is 10.1 Å². The first kappa shape index (κ1) is 13.1. The van der Waals surface area contributed by atoms with E-state index in [9.17, 15) is 0 Å². The van der Waals surface area contributed by atoms with Crippen LogP contribution in [0, 0.1) is 6.92 Å². The molecule has 4 nitrogen and oxygen atoms in total. The number of nitrogens with one attached hydrogen (secondary N) is 1. The minimum atomic E-state index is 0.421. The number of halogens is 1. The van der Waals surface area contributed by atoms with Crippen molar-refractivity contribution in [3.63, 3.8) is 0 Å². The van der Waals surface area contributed by atoms with Crippen LogP contribution in [0.3, 0.4) is 0 Å². The summed E-state index contributed by atoms with van der Waals surface area (Å²) in [5.74, 6) is 0.789. The van der Waals surface area contributed by atoms with Gasteiger partial charge in [0, 0.05) is 11.6 Å².